The van der Waals surface area contributed by atoms with E-state index in [2.05, 4.69) is 10.2 Å². The Labute approximate surface area is 146 Å². The minimum atomic E-state index is 0.201. The third kappa shape index (κ3) is 3.50. The predicted octanol–water partition coefficient (Wildman–Crippen LogP) is 2.96. The summed E-state index contributed by atoms with van der Waals surface area (Å²) in [6.07, 6.45) is 12.7. The second-order valence-electron chi connectivity index (χ2n) is 8.80. The van der Waals surface area contributed by atoms with E-state index >= 15 is 0 Å². The Hall–Kier alpha value is -0.610. The first-order valence-electron chi connectivity index (χ1n) is 10.3. The Balaban J connectivity index is 1.31. The van der Waals surface area contributed by atoms with Gasteiger partial charge in [-0.25, -0.2) is 0 Å². The number of fused-ring (bicyclic) bond motifs is 2. The molecule has 1 heterocycles. The summed E-state index contributed by atoms with van der Waals surface area (Å²) in [5, 5.41) is 3.36. The zero-order chi connectivity index (χ0) is 16.4. The molecule has 0 aromatic heterocycles. The predicted molar refractivity (Wildman–Crippen MR) is 94.8 cm³/mol. The smallest absolute Gasteiger partial charge is 0.220 e. The molecule has 0 aromatic carbocycles. The van der Waals surface area contributed by atoms with Crippen LogP contribution < -0.4 is 5.32 Å². The van der Waals surface area contributed by atoms with Gasteiger partial charge in [0.25, 0.3) is 0 Å². The van der Waals surface area contributed by atoms with Crippen molar-refractivity contribution in [1.82, 2.24) is 10.2 Å². The van der Waals surface area contributed by atoms with E-state index in [0.29, 0.717) is 11.8 Å². The number of morpholine rings is 1. The van der Waals surface area contributed by atoms with Gasteiger partial charge in [0.05, 0.1) is 13.2 Å². The number of ether oxygens (including phenoxy) is 1. The van der Waals surface area contributed by atoms with Gasteiger partial charge in [-0.3, -0.25) is 9.69 Å². The van der Waals surface area contributed by atoms with Gasteiger partial charge in [0, 0.05) is 31.6 Å². The minimum absolute atomic E-state index is 0.201. The molecule has 0 spiro atoms. The van der Waals surface area contributed by atoms with Crippen molar-refractivity contribution in [3.8, 4) is 0 Å². The van der Waals surface area contributed by atoms with Gasteiger partial charge >= 0.3 is 0 Å². The van der Waals surface area contributed by atoms with Crippen LogP contribution in [0, 0.1) is 17.8 Å². The molecule has 1 saturated heterocycles. The summed E-state index contributed by atoms with van der Waals surface area (Å²) in [7, 11) is 0. The first-order chi connectivity index (χ1) is 11.8. The van der Waals surface area contributed by atoms with E-state index in [4.69, 9.17) is 4.74 Å². The lowest BCUT2D eigenvalue weighted by Crippen LogP contribution is -2.59. The molecule has 3 atom stereocenters. The number of hydrogen-bond acceptors (Lipinski definition) is 3. The van der Waals surface area contributed by atoms with Crippen molar-refractivity contribution in [2.75, 3.05) is 32.8 Å². The molecule has 4 fully saturated rings. The first kappa shape index (κ1) is 16.8. The van der Waals surface area contributed by atoms with E-state index in [-0.39, 0.29) is 5.54 Å². The van der Waals surface area contributed by atoms with Crippen LogP contribution >= 0.6 is 0 Å². The molecule has 3 aliphatic carbocycles. The molecule has 4 heteroatoms. The van der Waals surface area contributed by atoms with Gasteiger partial charge in [-0.1, -0.05) is 25.7 Å². The number of carbonyl (C=O) groups excluding carboxylic acids is 1. The average Bonchev–Trinajstić information content (AvgIpc) is 3.25. The summed E-state index contributed by atoms with van der Waals surface area (Å²) in [5.41, 5.74) is 0.201. The van der Waals surface area contributed by atoms with Crippen LogP contribution in [0.1, 0.15) is 64.2 Å². The Morgan fingerprint density at radius 1 is 1.08 bits per heavy atom. The monoisotopic (exact) mass is 334 g/mol. The lowest BCUT2D eigenvalue weighted by Gasteiger charge is -2.48. The van der Waals surface area contributed by atoms with Crippen molar-refractivity contribution >= 4 is 5.91 Å². The van der Waals surface area contributed by atoms with Crippen molar-refractivity contribution in [2.24, 2.45) is 17.8 Å². The molecule has 3 saturated carbocycles. The van der Waals surface area contributed by atoms with Gasteiger partial charge in [0.1, 0.15) is 0 Å². The van der Waals surface area contributed by atoms with E-state index < -0.39 is 0 Å². The second-order valence-corrected chi connectivity index (χ2v) is 8.80. The fourth-order valence-electron chi connectivity index (χ4n) is 6.05. The van der Waals surface area contributed by atoms with E-state index in [9.17, 15) is 4.79 Å². The van der Waals surface area contributed by atoms with Crippen molar-refractivity contribution in [3.05, 3.63) is 0 Å². The highest BCUT2D eigenvalue weighted by atomic mass is 16.5. The molecule has 2 bridgehead atoms. The molecule has 0 aromatic rings. The fourth-order valence-corrected chi connectivity index (χ4v) is 6.05. The van der Waals surface area contributed by atoms with Crippen molar-refractivity contribution in [2.45, 2.75) is 69.7 Å². The summed E-state index contributed by atoms with van der Waals surface area (Å²) in [4.78, 5) is 15.2. The van der Waals surface area contributed by atoms with Gasteiger partial charge in [0.2, 0.25) is 5.91 Å². The average molecular weight is 335 g/mol. The lowest BCUT2D eigenvalue weighted by molar-refractivity contribution is -0.123. The van der Waals surface area contributed by atoms with Crippen molar-refractivity contribution < 1.29 is 9.53 Å². The Morgan fingerprint density at radius 3 is 2.54 bits per heavy atom. The summed E-state index contributed by atoms with van der Waals surface area (Å²) in [6.45, 7) is 4.61. The number of amides is 1. The summed E-state index contributed by atoms with van der Waals surface area (Å²) in [5.74, 6) is 2.77. The van der Waals surface area contributed by atoms with Gasteiger partial charge in [-0.05, 0) is 49.9 Å². The Morgan fingerprint density at radius 2 is 1.88 bits per heavy atom. The highest BCUT2D eigenvalue weighted by Gasteiger charge is 2.41. The third-order valence-corrected chi connectivity index (χ3v) is 7.41. The number of nitrogens with one attached hydrogen (secondary N) is 1. The maximum absolute atomic E-state index is 12.6. The van der Waals surface area contributed by atoms with E-state index in [1.165, 1.54) is 57.8 Å². The summed E-state index contributed by atoms with van der Waals surface area (Å²) < 4.78 is 5.55. The maximum Gasteiger partial charge on any atom is 0.220 e. The molecule has 3 unspecified atom stereocenters. The van der Waals surface area contributed by atoms with Crippen molar-refractivity contribution in [3.63, 3.8) is 0 Å². The molecule has 1 amide bonds. The second kappa shape index (κ2) is 7.33. The fraction of sp³-hybridized carbons (Fsp3) is 0.950. The molecular formula is C20H34N2O2. The van der Waals surface area contributed by atoms with Gasteiger partial charge < -0.3 is 10.1 Å². The molecule has 4 aliphatic rings. The van der Waals surface area contributed by atoms with Crippen molar-refractivity contribution in [1.29, 1.82) is 0 Å². The quantitative estimate of drug-likeness (QED) is 0.840. The first-order valence-corrected chi connectivity index (χ1v) is 10.3. The van der Waals surface area contributed by atoms with Crippen LogP contribution in [0.2, 0.25) is 0 Å². The standard InChI is InChI=1S/C20H34N2O2/c23-19(14-18-13-16-4-5-17(18)12-16)21-15-20(6-2-1-3-7-20)22-8-10-24-11-9-22/h16-18H,1-15H2,(H,21,23). The molecule has 0 radical (unpaired) electrons. The highest BCUT2D eigenvalue weighted by molar-refractivity contribution is 5.76. The summed E-state index contributed by atoms with van der Waals surface area (Å²) in [6, 6.07) is 0. The molecule has 1 aliphatic heterocycles. The third-order valence-electron chi connectivity index (χ3n) is 7.41. The van der Waals surface area contributed by atoms with Crippen LogP contribution in [0.15, 0.2) is 0 Å². The lowest BCUT2D eigenvalue weighted by atomic mass is 9.79. The van der Waals surface area contributed by atoms with Gasteiger partial charge in [0.15, 0.2) is 0 Å². The molecule has 136 valence electrons. The van der Waals surface area contributed by atoms with Crippen LogP contribution in [0.3, 0.4) is 0 Å². The molecule has 24 heavy (non-hydrogen) atoms. The number of nitrogens with zero attached hydrogens (tertiary/aromatic N) is 1. The van der Waals surface area contributed by atoms with Gasteiger partial charge in [-0.2, -0.15) is 0 Å². The number of carbonyl (C=O) groups is 1. The minimum Gasteiger partial charge on any atom is -0.379 e. The van der Waals surface area contributed by atoms with Crippen LogP contribution in [-0.2, 0) is 9.53 Å². The van der Waals surface area contributed by atoms with E-state index in [1.807, 2.05) is 0 Å². The number of hydrogen-bond donors (Lipinski definition) is 1. The Bertz CT molecular complexity index is 441. The maximum atomic E-state index is 12.6. The zero-order valence-corrected chi connectivity index (χ0v) is 15.1. The molecule has 1 N–H and O–H groups in total. The zero-order valence-electron chi connectivity index (χ0n) is 15.1. The molecule has 4 nitrogen and oxygen atoms in total. The highest BCUT2D eigenvalue weighted by Crippen LogP contribution is 2.49. The van der Waals surface area contributed by atoms with E-state index in [0.717, 1.165) is 51.1 Å². The normalized spacial score (nSPS) is 35.9. The molecular weight excluding hydrogens is 300 g/mol. The van der Waals surface area contributed by atoms with Crippen LogP contribution in [0.25, 0.3) is 0 Å². The summed E-state index contributed by atoms with van der Waals surface area (Å²) >= 11 is 0. The number of rotatable bonds is 5. The van der Waals surface area contributed by atoms with E-state index in [1.54, 1.807) is 0 Å². The van der Waals surface area contributed by atoms with Crippen LogP contribution in [0.4, 0.5) is 0 Å². The van der Waals surface area contributed by atoms with Crippen LogP contribution in [-0.4, -0.2) is 49.2 Å². The largest absolute Gasteiger partial charge is 0.379 e. The van der Waals surface area contributed by atoms with Gasteiger partial charge in [-0.15, -0.1) is 0 Å². The SMILES string of the molecule is O=C(CC1CC2CCC1C2)NCC1(N2CCOCC2)CCCCC1. The topological polar surface area (TPSA) is 41.6 Å². The van der Waals surface area contributed by atoms with Crippen LogP contribution in [0.5, 0.6) is 0 Å². The Kier molecular flexibility index (Phi) is 5.14. The molecule has 4 rings (SSSR count).